The number of thiocarbonyl (C=S) groups is 1. The van der Waals surface area contributed by atoms with Crippen LogP contribution in [0, 0.1) is 0 Å². The molecular formula is C5H4N3O2S. The van der Waals surface area contributed by atoms with Crippen molar-refractivity contribution in [2.24, 2.45) is 0 Å². The summed E-state index contributed by atoms with van der Waals surface area (Å²) in [5, 5.41) is 17.6. The van der Waals surface area contributed by atoms with E-state index in [0.29, 0.717) is 0 Å². The minimum atomic E-state index is -0.961. The Kier molecular flexibility index (Phi) is 2.27. The third-order valence-electron chi connectivity index (χ3n) is 0.949. The fourth-order valence-electron chi connectivity index (χ4n) is 0.566. The second-order valence-corrected chi connectivity index (χ2v) is 2.00. The van der Waals surface area contributed by atoms with Crippen LogP contribution < -0.4 is 0 Å². The van der Waals surface area contributed by atoms with Crippen molar-refractivity contribution < 1.29 is 9.90 Å². The maximum Gasteiger partial charge on any atom is 0.311 e. The zero-order chi connectivity index (χ0) is 8.27. The van der Waals surface area contributed by atoms with Gasteiger partial charge in [0, 0.05) is 0 Å². The van der Waals surface area contributed by atoms with Crippen molar-refractivity contribution in [2.45, 2.75) is 6.42 Å². The summed E-state index contributed by atoms with van der Waals surface area (Å²) in [7, 11) is 0. The zero-order valence-corrected chi connectivity index (χ0v) is 6.18. The zero-order valence-electron chi connectivity index (χ0n) is 5.37. The smallest absolute Gasteiger partial charge is 0.311 e. The van der Waals surface area contributed by atoms with Crippen LogP contribution in [0.25, 0.3) is 0 Å². The van der Waals surface area contributed by atoms with Gasteiger partial charge in [-0.1, -0.05) is 12.2 Å². The van der Waals surface area contributed by atoms with Crippen LogP contribution >= 0.6 is 12.2 Å². The predicted molar refractivity (Wildman–Crippen MR) is 39.4 cm³/mol. The normalized spacial score (nSPS) is 9.45. The van der Waals surface area contributed by atoms with Crippen LogP contribution in [-0.4, -0.2) is 31.6 Å². The third kappa shape index (κ3) is 2.08. The highest BCUT2D eigenvalue weighted by Crippen LogP contribution is 1.90. The van der Waals surface area contributed by atoms with Crippen LogP contribution in [0.4, 0.5) is 0 Å². The van der Waals surface area contributed by atoms with Crippen molar-refractivity contribution in [2.75, 3.05) is 0 Å². The monoisotopic (exact) mass is 170 g/mol. The van der Waals surface area contributed by atoms with E-state index in [9.17, 15) is 4.79 Å². The molecule has 0 saturated carbocycles. The van der Waals surface area contributed by atoms with Gasteiger partial charge < -0.3 is 10.1 Å². The minimum Gasteiger partial charge on any atom is -0.481 e. The fourth-order valence-corrected chi connectivity index (χ4v) is 0.658. The maximum absolute atomic E-state index is 10.1. The van der Waals surface area contributed by atoms with Gasteiger partial charge in [-0.25, -0.2) is 0 Å². The number of carbonyl (C=O) groups is 1. The van der Waals surface area contributed by atoms with E-state index in [4.69, 9.17) is 5.11 Å². The Morgan fingerprint density at radius 2 is 2.45 bits per heavy atom. The first kappa shape index (κ1) is 7.80. The Balaban J connectivity index is 2.72. The van der Waals surface area contributed by atoms with Crippen molar-refractivity contribution >= 4 is 23.6 Å². The van der Waals surface area contributed by atoms with Gasteiger partial charge in [0.2, 0.25) is 0 Å². The van der Waals surface area contributed by atoms with Crippen LogP contribution in [0.2, 0.25) is 0 Å². The molecule has 0 atom stereocenters. The molecule has 1 aromatic rings. The highest BCUT2D eigenvalue weighted by molar-refractivity contribution is 7.79. The number of hydrogen-bond donors (Lipinski definition) is 2. The van der Waals surface area contributed by atoms with Gasteiger partial charge in [0.1, 0.15) is 17.6 Å². The third-order valence-corrected chi connectivity index (χ3v) is 1.14. The quantitative estimate of drug-likeness (QED) is 0.606. The molecule has 0 fully saturated rings. The van der Waals surface area contributed by atoms with E-state index in [1.54, 1.807) is 0 Å². The summed E-state index contributed by atoms with van der Waals surface area (Å²) < 4.78 is 0. The molecule has 1 aromatic heterocycles. The molecular weight excluding hydrogens is 166 g/mol. The van der Waals surface area contributed by atoms with Gasteiger partial charge in [-0.3, -0.25) is 4.79 Å². The molecule has 0 aliphatic rings. The number of nitrogens with one attached hydrogen (secondary N) is 1. The van der Waals surface area contributed by atoms with Crippen LogP contribution in [0.5, 0.6) is 0 Å². The van der Waals surface area contributed by atoms with E-state index in [1.807, 2.05) is 0 Å². The van der Waals surface area contributed by atoms with Crippen LogP contribution in [0.1, 0.15) is 11.6 Å². The summed E-state index contributed by atoms with van der Waals surface area (Å²) in [6.07, 6.45) is -0.177. The molecule has 1 rings (SSSR count). The molecule has 0 aliphatic heterocycles. The highest BCUT2D eigenvalue weighted by Gasteiger charge is 2.04. The van der Waals surface area contributed by atoms with Crippen molar-refractivity contribution in [3.8, 4) is 0 Å². The number of aromatic nitrogens is 3. The van der Waals surface area contributed by atoms with Crippen LogP contribution in [-0.2, 0) is 11.2 Å². The molecule has 57 valence electrons. The summed E-state index contributed by atoms with van der Waals surface area (Å²) in [5.41, 5.74) is 0. The van der Waals surface area contributed by atoms with E-state index >= 15 is 0 Å². The molecule has 11 heavy (non-hydrogen) atoms. The number of carboxylic acids is 1. The summed E-state index contributed by atoms with van der Waals surface area (Å²) in [4.78, 5) is 12.7. The van der Waals surface area contributed by atoms with E-state index in [2.05, 4.69) is 32.8 Å². The molecule has 0 saturated heterocycles. The standard InChI is InChI=1S/C5H4N3O2S/c9-5(10)1-3-6-4(2-11)8-7-3/h1H2,(H,9,10)(H,6,7,8). The summed E-state index contributed by atoms with van der Waals surface area (Å²) in [5.74, 6) is -0.391. The number of aromatic amines is 1. The van der Waals surface area contributed by atoms with Gasteiger partial charge in [0.15, 0.2) is 5.82 Å². The Morgan fingerprint density at radius 1 is 1.73 bits per heavy atom. The van der Waals surface area contributed by atoms with Crippen LogP contribution in [0.3, 0.4) is 0 Å². The van der Waals surface area contributed by atoms with Gasteiger partial charge in [-0.15, -0.1) is 10.2 Å². The van der Waals surface area contributed by atoms with Crippen molar-refractivity contribution in [3.63, 3.8) is 0 Å². The number of carboxylic acid groups (broad SMARTS) is 1. The maximum atomic E-state index is 10.1. The second-order valence-electron chi connectivity index (χ2n) is 1.79. The van der Waals surface area contributed by atoms with Gasteiger partial charge in [0.05, 0.1) is 0 Å². The molecule has 2 N–H and O–H groups in total. The Labute approximate surface area is 67.5 Å². The molecule has 5 nitrogen and oxygen atoms in total. The lowest BCUT2D eigenvalue weighted by molar-refractivity contribution is -0.136. The largest absolute Gasteiger partial charge is 0.481 e. The lowest BCUT2D eigenvalue weighted by atomic mass is 10.4. The van der Waals surface area contributed by atoms with E-state index < -0.39 is 5.97 Å². The topological polar surface area (TPSA) is 78.9 Å². The predicted octanol–water partition coefficient (Wildman–Crippen LogP) is -0.343. The van der Waals surface area contributed by atoms with E-state index in [0.717, 1.165) is 0 Å². The fraction of sp³-hybridized carbons (Fsp3) is 0.200. The van der Waals surface area contributed by atoms with Crippen LogP contribution in [0.15, 0.2) is 0 Å². The van der Waals surface area contributed by atoms with Gasteiger partial charge in [-0.2, -0.15) is 0 Å². The molecule has 0 aromatic carbocycles. The SMILES string of the molecule is O=C(O)Cc1nnc([C]=S)[nH]1. The van der Waals surface area contributed by atoms with Gasteiger partial charge >= 0.3 is 5.97 Å². The van der Waals surface area contributed by atoms with E-state index in [1.165, 1.54) is 0 Å². The van der Waals surface area contributed by atoms with Crippen molar-refractivity contribution in [1.82, 2.24) is 15.2 Å². The Bertz CT molecular complexity index is 283. The number of hydrogen-bond acceptors (Lipinski definition) is 4. The number of nitrogens with zero attached hydrogens (tertiary/aromatic N) is 2. The molecule has 0 aliphatic carbocycles. The molecule has 6 heteroatoms. The molecule has 0 amide bonds. The van der Waals surface area contributed by atoms with Gasteiger partial charge in [-0.05, 0) is 0 Å². The first-order valence-electron chi connectivity index (χ1n) is 2.74. The highest BCUT2D eigenvalue weighted by atomic mass is 32.1. The first-order valence-corrected chi connectivity index (χ1v) is 3.14. The molecule has 1 radical (unpaired) electrons. The summed E-state index contributed by atoms with van der Waals surface area (Å²) in [6.45, 7) is 0. The molecule has 0 unspecified atom stereocenters. The second kappa shape index (κ2) is 3.20. The number of aliphatic carboxylic acids is 1. The average Bonchev–Trinajstić information content (AvgIpc) is 2.34. The average molecular weight is 170 g/mol. The Morgan fingerprint density at radius 3 is 2.91 bits per heavy atom. The minimum absolute atomic E-state index is 0.177. The molecule has 1 heterocycles. The first-order chi connectivity index (χ1) is 5.22. The van der Waals surface area contributed by atoms with E-state index in [-0.39, 0.29) is 18.1 Å². The molecule has 0 spiro atoms. The lowest BCUT2D eigenvalue weighted by Gasteiger charge is -1.84. The van der Waals surface area contributed by atoms with Crippen molar-refractivity contribution in [1.29, 1.82) is 0 Å². The summed E-state index contributed by atoms with van der Waals surface area (Å²) >= 11 is 4.41. The van der Waals surface area contributed by atoms with Gasteiger partial charge in [0.25, 0.3) is 0 Å². The lowest BCUT2D eigenvalue weighted by Crippen LogP contribution is -2.01. The number of H-pyrrole nitrogens is 1. The number of rotatable bonds is 3. The Hall–Kier alpha value is -1.30. The van der Waals surface area contributed by atoms with Crippen molar-refractivity contribution in [3.05, 3.63) is 11.6 Å². The summed E-state index contributed by atoms with van der Waals surface area (Å²) in [6, 6.07) is 0. The molecule has 0 bridgehead atoms.